The Morgan fingerprint density at radius 2 is 1.12 bits per heavy atom. The first-order valence-electron chi connectivity index (χ1n) is 2.37. The van der Waals surface area contributed by atoms with Crippen LogP contribution in [-0.4, -0.2) is 25.8 Å². The lowest BCUT2D eigenvalue weighted by atomic mass is 10.2. The maximum absolute atomic E-state index is 2.33. The van der Waals surface area contributed by atoms with Gasteiger partial charge in [-0.25, -0.2) is 0 Å². The van der Waals surface area contributed by atoms with Gasteiger partial charge in [0, 0.05) is 7.94 Å². The highest BCUT2D eigenvalue weighted by molar-refractivity contribution is 7.22. The van der Waals surface area contributed by atoms with Gasteiger partial charge in [0.05, 0.1) is 6.87 Å². The third-order valence-electron chi connectivity index (χ3n) is 0.866. The molecule has 0 aromatic rings. The predicted molar refractivity (Wildman–Crippen MR) is 42.2 cm³/mol. The lowest BCUT2D eigenvalue weighted by Gasteiger charge is -2.08. The average Bonchev–Trinajstić information content (AvgIpc) is 1.35. The van der Waals surface area contributed by atoms with E-state index in [1.165, 1.54) is 0 Å². The molecule has 0 aliphatic heterocycles. The minimum Gasteiger partial charge on any atom is -0.412 e. The van der Waals surface area contributed by atoms with E-state index in [1.54, 1.807) is 0 Å². The van der Waals surface area contributed by atoms with Crippen molar-refractivity contribution in [3.63, 3.8) is 0 Å². The second-order valence-electron chi connectivity index (χ2n) is 2.65. The van der Waals surface area contributed by atoms with E-state index in [0.29, 0.717) is 0 Å². The summed E-state index contributed by atoms with van der Waals surface area (Å²) in [6.07, 6.45) is 0. The third kappa shape index (κ3) is 16.4. The fourth-order valence-corrected chi connectivity index (χ4v) is 0. The van der Waals surface area contributed by atoms with Crippen LogP contribution in [0.25, 0.3) is 0 Å². The van der Waals surface area contributed by atoms with Crippen LogP contribution in [0.15, 0.2) is 0 Å². The van der Waals surface area contributed by atoms with E-state index in [0.717, 1.165) is 0 Å². The van der Waals surface area contributed by atoms with E-state index in [1.807, 2.05) is 0 Å². The summed E-state index contributed by atoms with van der Waals surface area (Å²) < 4.78 is 0. The van der Waals surface area contributed by atoms with Crippen molar-refractivity contribution < 1.29 is 11.0 Å². The minimum atomic E-state index is -0.756. The fourth-order valence-electron chi connectivity index (χ4n) is 0. The predicted octanol–water partition coefficient (Wildman–Crippen LogP) is -0.0758. The molecule has 0 fully saturated rings. The highest BCUT2D eigenvalue weighted by atomic mass is 28.3. The first-order valence-corrected chi connectivity index (χ1v) is 5.94. The molecule has 0 bridgehead atoms. The molecule has 4 N–H and O–H groups in total. The van der Waals surface area contributed by atoms with Crippen molar-refractivity contribution in [2.24, 2.45) is 0 Å². The molecule has 51 valence electrons. The first kappa shape index (κ1) is 15.7. The Kier molecular flexibility index (Phi) is 10.5. The Bertz CT molecular complexity index is 43.8. The molecule has 0 amide bonds. The highest BCUT2D eigenvalue weighted by Gasteiger charge is 2.07. The zero-order valence-corrected chi connectivity index (χ0v) is 7.08. The number of rotatable bonds is 1. The van der Waals surface area contributed by atoms with Gasteiger partial charge >= 0.3 is 0 Å². The van der Waals surface area contributed by atoms with Crippen molar-refractivity contribution in [3.8, 4) is 0 Å². The number of hydrogen-bond donors (Lipinski definition) is 0. The smallest absolute Gasteiger partial charge is 0.0986 e. The van der Waals surface area contributed by atoms with Gasteiger partial charge in [-0.3, -0.25) is 0 Å². The molecule has 0 saturated heterocycles. The van der Waals surface area contributed by atoms with Crippen molar-refractivity contribution >= 4 is 14.8 Å². The molecule has 0 unspecified atom stereocenters. The van der Waals surface area contributed by atoms with E-state index in [-0.39, 0.29) is 11.0 Å². The fraction of sp³-hybridized carbons (Fsp3) is 1.00. The second-order valence-corrected chi connectivity index (χ2v) is 7.96. The molecule has 0 aliphatic rings. The zero-order chi connectivity index (χ0) is 5.21. The molecule has 0 spiro atoms. The molecule has 4 heteroatoms. The monoisotopic (exact) mass is 135 g/mol. The molecule has 0 rings (SSSR count). The lowest BCUT2D eigenvalue weighted by Crippen LogP contribution is -2.26. The van der Waals surface area contributed by atoms with Gasteiger partial charge in [0.2, 0.25) is 0 Å². The van der Waals surface area contributed by atoms with Crippen LogP contribution < -0.4 is 0 Å². The number of hydrogen-bond acceptors (Lipinski definition) is 0. The molecular weight excluding hydrogens is 119 g/mol. The van der Waals surface area contributed by atoms with Crippen LogP contribution in [0.3, 0.4) is 0 Å². The molecule has 0 aliphatic carbocycles. The molecule has 0 atom stereocenters. The van der Waals surface area contributed by atoms with Crippen LogP contribution in [0.4, 0.5) is 0 Å². The van der Waals surface area contributed by atoms with Crippen molar-refractivity contribution in [2.45, 2.75) is 26.5 Å². The van der Waals surface area contributed by atoms with Gasteiger partial charge in [0.1, 0.15) is 0 Å². The summed E-state index contributed by atoms with van der Waals surface area (Å²) >= 11 is 0. The molecule has 0 aromatic heterocycles. The Morgan fingerprint density at radius 1 is 1.00 bits per heavy atom. The standard InChI is InChI=1S/C4H12BSi.2H2O/c1-5-6(2,3)4;;/h1-4H3;2*1H2. The van der Waals surface area contributed by atoms with Gasteiger partial charge in [-0.15, -0.1) is 0 Å². The summed E-state index contributed by atoms with van der Waals surface area (Å²) in [5.74, 6) is 0. The van der Waals surface area contributed by atoms with E-state index in [4.69, 9.17) is 0 Å². The topological polar surface area (TPSA) is 63.0 Å². The van der Waals surface area contributed by atoms with Gasteiger partial charge in [-0.1, -0.05) is 26.5 Å². The normalized spacial score (nSPS) is 8.50. The zero-order valence-electron chi connectivity index (χ0n) is 6.08. The summed E-state index contributed by atoms with van der Waals surface area (Å²) in [6, 6.07) is 0. The van der Waals surface area contributed by atoms with Crippen molar-refractivity contribution in [1.29, 1.82) is 0 Å². The summed E-state index contributed by atoms with van der Waals surface area (Å²) in [7, 11) is -0.756. The Labute approximate surface area is 53.1 Å². The summed E-state index contributed by atoms with van der Waals surface area (Å²) in [5, 5.41) is 0. The van der Waals surface area contributed by atoms with E-state index in [2.05, 4.69) is 33.3 Å². The van der Waals surface area contributed by atoms with Crippen molar-refractivity contribution in [3.05, 3.63) is 0 Å². The quantitative estimate of drug-likeness (QED) is 0.451. The molecule has 0 saturated carbocycles. The van der Waals surface area contributed by atoms with Gasteiger partial charge in [0.25, 0.3) is 0 Å². The van der Waals surface area contributed by atoms with Crippen LogP contribution >= 0.6 is 0 Å². The highest BCUT2D eigenvalue weighted by Crippen LogP contribution is 1.94. The van der Waals surface area contributed by atoms with Crippen LogP contribution in [0.1, 0.15) is 0 Å². The van der Waals surface area contributed by atoms with E-state index in [9.17, 15) is 0 Å². The molecule has 8 heavy (non-hydrogen) atoms. The second kappa shape index (κ2) is 5.34. The van der Waals surface area contributed by atoms with Crippen LogP contribution in [-0.2, 0) is 0 Å². The van der Waals surface area contributed by atoms with Gasteiger partial charge in [-0.05, 0) is 0 Å². The molecular formula is C4H16BO2Si. The molecule has 1 radical (unpaired) electrons. The van der Waals surface area contributed by atoms with Crippen LogP contribution in [0.5, 0.6) is 0 Å². The first-order chi connectivity index (χ1) is 2.56. The van der Waals surface area contributed by atoms with E-state index < -0.39 is 7.94 Å². The summed E-state index contributed by atoms with van der Waals surface area (Å²) in [4.78, 5) is 0. The van der Waals surface area contributed by atoms with Crippen LogP contribution in [0.2, 0.25) is 26.5 Å². The van der Waals surface area contributed by atoms with Crippen molar-refractivity contribution in [2.75, 3.05) is 0 Å². The molecule has 0 heterocycles. The summed E-state index contributed by atoms with van der Waals surface area (Å²) in [6.45, 7) is 11.5. The Hall–Kier alpha value is 0.202. The van der Waals surface area contributed by atoms with Gasteiger partial charge in [0.15, 0.2) is 0 Å². The maximum atomic E-state index is 2.33. The van der Waals surface area contributed by atoms with Crippen molar-refractivity contribution in [1.82, 2.24) is 0 Å². The summed E-state index contributed by atoms with van der Waals surface area (Å²) in [5.41, 5.74) is 0. The average molecular weight is 135 g/mol. The Balaban J connectivity index is -0.000000125. The lowest BCUT2D eigenvalue weighted by molar-refractivity contribution is 0.823. The third-order valence-corrected chi connectivity index (χ3v) is 2.60. The Morgan fingerprint density at radius 3 is 1.12 bits per heavy atom. The van der Waals surface area contributed by atoms with E-state index >= 15 is 0 Å². The molecule has 2 nitrogen and oxygen atoms in total. The van der Waals surface area contributed by atoms with Gasteiger partial charge in [-0.2, -0.15) is 0 Å². The van der Waals surface area contributed by atoms with Gasteiger partial charge < -0.3 is 11.0 Å². The molecule has 0 aromatic carbocycles. The SMILES string of the molecule is C[B][Si](C)(C)C.O.O. The maximum Gasteiger partial charge on any atom is 0.0986 e. The van der Waals surface area contributed by atoms with Crippen LogP contribution in [0, 0.1) is 0 Å². The minimum absolute atomic E-state index is 0. The largest absolute Gasteiger partial charge is 0.412 e.